The fourth-order valence-electron chi connectivity index (χ4n) is 1.60. The number of halogens is 1. The number of hydrogen-bond acceptors (Lipinski definition) is 4. The van der Waals surface area contributed by atoms with Crippen molar-refractivity contribution < 1.29 is 0 Å². The minimum Gasteiger partial charge on any atom is -0.383 e. The number of nitrogens with one attached hydrogen (secondary N) is 2. The quantitative estimate of drug-likeness (QED) is 0.786. The Morgan fingerprint density at radius 3 is 2.58 bits per heavy atom. The predicted molar refractivity (Wildman–Crippen MR) is 78.2 cm³/mol. The number of nitrogens with zero attached hydrogens (tertiary/aromatic N) is 1. The van der Waals surface area contributed by atoms with Crippen LogP contribution >= 0.6 is 15.9 Å². The maximum atomic E-state index is 11.7. The number of H-pyrrole nitrogens is 1. The second-order valence-corrected chi connectivity index (χ2v) is 4.97. The molecular weight excluding hydrogens is 312 g/mol. The fourth-order valence-corrected chi connectivity index (χ4v) is 1.86. The van der Waals surface area contributed by atoms with Crippen molar-refractivity contribution in [1.29, 1.82) is 0 Å². The molecule has 0 spiro atoms. The number of nitrogens with two attached hydrogens (primary N) is 1. The Bertz CT molecular complexity index is 703. The van der Waals surface area contributed by atoms with Crippen molar-refractivity contribution in [2.24, 2.45) is 7.05 Å². The number of aromatic amines is 1. The third-order valence-corrected chi connectivity index (χ3v) is 3.28. The molecular formula is C12H13BrN4O2. The lowest BCUT2D eigenvalue weighted by Gasteiger charge is -2.10. The molecule has 6 nitrogen and oxygen atoms in total. The molecule has 0 bridgehead atoms. The van der Waals surface area contributed by atoms with Crippen LogP contribution in [0.15, 0.2) is 38.3 Å². The summed E-state index contributed by atoms with van der Waals surface area (Å²) < 4.78 is 2.17. The van der Waals surface area contributed by atoms with E-state index in [0.717, 1.165) is 10.0 Å². The first-order valence-corrected chi connectivity index (χ1v) is 6.35. The highest BCUT2D eigenvalue weighted by Crippen LogP contribution is 2.13. The van der Waals surface area contributed by atoms with Gasteiger partial charge >= 0.3 is 5.69 Å². The second-order valence-electron chi connectivity index (χ2n) is 4.06. The Morgan fingerprint density at radius 2 is 1.95 bits per heavy atom. The number of hydrogen-bond donors (Lipinski definition) is 3. The van der Waals surface area contributed by atoms with Crippen LogP contribution < -0.4 is 22.3 Å². The molecule has 0 radical (unpaired) electrons. The van der Waals surface area contributed by atoms with Crippen molar-refractivity contribution in [3.8, 4) is 0 Å². The van der Waals surface area contributed by atoms with Gasteiger partial charge in [0.1, 0.15) is 11.5 Å². The normalized spacial score (nSPS) is 10.4. The summed E-state index contributed by atoms with van der Waals surface area (Å²) in [5, 5.41) is 2.94. The number of anilines is 2. The first-order valence-electron chi connectivity index (χ1n) is 5.56. The van der Waals surface area contributed by atoms with E-state index in [2.05, 4.69) is 26.2 Å². The van der Waals surface area contributed by atoms with Gasteiger partial charge in [0, 0.05) is 18.1 Å². The van der Waals surface area contributed by atoms with Gasteiger partial charge in [0.05, 0.1) is 0 Å². The van der Waals surface area contributed by atoms with Crippen molar-refractivity contribution in [3.05, 3.63) is 55.1 Å². The molecule has 0 saturated carbocycles. The average Bonchev–Trinajstić information content (AvgIpc) is 2.38. The topological polar surface area (TPSA) is 92.9 Å². The zero-order valence-corrected chi connectivity index (χ0v) is 11.8. The number of nitrogen functional groups attached to an aromatic ring is 1. The number of rotatable bonds is 3. The molecule has 0 aliphatic rings. The molecule has 0 saturated heterocycles. The van der Waals surface area contributed by atoms with Gasteiger partial charge in [-0.05, 0) is 17.7 Å². The van der Waals surface area contributed by atoms with E-state index in [1.54, 1.807) is 0 Å². The van der Waals surface area contributed by atoms with Gasteiger partial charge in [-0.1, -0.05) is 28.1 Å². The third kappa shape index (κ3) is 2.87. The molecule has 1 aromatic heterocycles. The summed E-state index contributed by atoms with van der Waals surface area (Å²) in [5.74, 6) is 0.117. The summed E-state index contributed by atoms with van der Waals surface area (Å²) in [6.45, 7) is 0.443. The monoisotopic (exact) mass is 324 g/mol. The van der Waals surface area contributed by atoms with Crippen LogP contribution in [0.3, 0.4) is 0 Å². The van der Waals surface area contributed by atoms with Crippen molar-refractivity contribution in [1.82, 2.24) is 9.55 Å². The van der Waals surface area contributed by atoms with Crippen LogP contribution in [0.1, 0.15) is 5.56 Å². The number of benzene rings is 1. The van der Waals surface area contributed by atoms with Crippen LogP contribution in [0.4, 0.5) is 11.5 Å². The molecule has 2 aromatic rings. The van der Waals surface area contributed by atoms with E-state index < -0.39 is 11.2 Å². The lowest BCUT2D eigenvalue weighted by Crippen LogP contribution is -2.32. The first-order chi connectivity index (χ1) is 8.99. The molecule has 2 rings (SSSR count). The van der Waals surface area contributed by atoms with Gasteiger partial charge in [-0.3, -0.25) is 14.3 Å². The van der Waals surface area contributed by atoms with E-state index in [1.165, 1.54) is 11.6 Å². The maximum absolute atomic E-state index is 11.7. The fraction of sp³-hybridized carbons (Fsp3) is 0.167. The Morgan fingerprint density at radius 1 is 1.32 bits per heavy atom. The summed E-state index contributed by atoms with van der Waals surface area (Å²) in [6, 6.07) is 7.66. The van der Waals surface area contributed by atoms with Crippen LogP contribution in [0.5, 0.6) is 0 Å². The first kappa shape index (κ1) is 13.4. The highest BCUT2D eigenvalue weighted by Gasteiger charge is 2.09. The maximum Gasteiger partial charge on any atom is 0.329 e. The summed E-state index contributed by atoms with van der Waals surface area (Å²) in [7, 11) is 1.50. The zero-order chi connectivity index (χ0) is 14.0. The molecule has 100 valence electrons. The predicted octanol–water partition coefficient (Wildman–Crippen LogP) is 1.03. The van der Waals surface area contributed by atoms with E-state index in [4.69, 9.17) is 5.73 Å². The van der Waals surface area contributed by atoms with Crippen LogP contribution in [0.25, 0.3) is 0 Å². The van der Waals surface area contributed by atoms with Gasteiger partial charge in [0.2, 0.25) is 0 Å². The molecule has 0 fully saturated rings. The molecule has 1 aromatic carbocycles. The van der Waals surface area contributed by atoms with Crippen LogP contribution in [0.2, 0.25) is 0 Å². The van der Waals surface area contributed by atoms with Crippen molar-refractivity contribution in [3.63, 3.8) is 0 Å². The van der Waals surface area contributed by atoms with Crippen LogP contribution in [-0.4, -0.2) is 9.55 Å². The molecule has 1 heterocycles. The summed E-state index contributed by atoms with van der Waals surface area (Å²) in [5.41, 5.74) is 5.89. The highest BCUT2D eigenvalue weighted by atomic mass is 79.9. The van der Waals surface area contributed by atoms with E-state index in [1.807, 2.05) is 24.3 Å². The molecule has 0 aliphatic heterocycles. The molecule has 19 heavy (non-hydrogen) atoms. The summed E-state index contributed by atoms with van der Waals surface area (Å²) in [6.07, 6.45) is 0. The summed E-state index contributed by atoms with van der Waals surface area (Å²) in [4.78, 5) is 25.2. The van der Waals surface area contributed by atoms with Crippen molar-refractivity contribution in [2.45, 2.75) is 6.54 Å². The second kappa shape index (κ2) is 5.31. The zero-order valence-electron chi connectivity index (χ0n) is 10.2. The molecule has 0 aliphatic carbocycles. The molecule has 0 amide bonds. The minimum atomic E-state index is -0.531. The van der Waals surface area contributed by atoms with E-state index in [0.29, 0.717) is 6.54 Å². The smallest absolute Gasteiger partial charge is 0.329 e. The van der Waals surface area contributed by atoms with Crippen LogP contribution in [-0.2, 0) is 13.6 Å². The molecule has 7 heteroatoms. The van der Waals surface area contributed by atoms with Gasteiger partial charge < -0.3 is 11.1 Å². The minimum absolute atomic E-state index is 0.117. The summed E-state index contributed by atoms with van der Waals surface area (Å²) >= 11 is 3.35. The molecule has 0 unspecified atom stereocenters. The Hall–Kier alpha value is -2.02. The SMILES string of the molecule is Cn1c(N)c(NCc2ccc(Br)cc2)c(=O)[nH]c1=O. The largest absolute Gasteiger partial charge is 0.383 e. The van der Waals surface area contributed by atoms with Gasteiger partial charge in [-0.15, -0.1) is 0 Å². The van der Waals surface area contributed by atoms with Gasteiger partial charge in [-0.25, -0.2) is 4.79 Å². The van der Waals surface area contributed by atoms with Gasteiger partial charge in [0.15, 0.2) is 0 Å². The van der Waals surface area contributed by atoms with Gasteiger partial charge in [-0.2, -0.15) is 0 Å². The molecule has 4 N–H and O–H groups in total. The lowest BCUT2D eigenvalue weighted by atomic mass is 10.2. The standard InChI is InChI=1S/C12H13BrN4O2/c1-17-10(14)9(11(18)16-12(17)19)15-6-7-2-4-8(13)5-3-7/h2-5,15H,6,14H2,1H3,(H,16,18,19). The van der Waals surface area contributed by atoms with E-state index >= 15 is 0 Å². The highest BCUT2D eigenvalue weighted by molar-refractivity contribution is 9.10. The lowest BCUT2D eigenvalue weighted by molar-refractivity contribution is 0.812. The van der Waals surface area contributed by atoms with E-state index in [9.17, 15) is 9.59 Å². The van der Waals surface area contributed by atoms with Crippen molar-refractivity contribution in [2.75, 3.05) is 11.1 Å². The van der Waals surface area contributed by atoms with Crippen LogP contribution in [0, 0.1) is 0 Å². The van der Waals surface area contributed by atoms with Crippen molar-refractivity contribution >= 4 is 27.4 Å². The van der Waals surface area contributed by atoms with Gasteiger partial charge in [0.25, 0.3) is 5.56 Å². The Labute approximate surface area is 117 Å². The Balaban J connectivity index is 2.25. The molecule has 0 atom stereocenters. The van der Waals surface area contributed by atoms with E-state index in [-0.39, 0.29) is 11.5 Å². The number of aromatic nitrogens is 2. The third-order valence-electron chi connectivity index (χ3n) is 2.75. The average molecular weight is 325 g/mol. The Kier molecular flexibility index (Phi) is 3.75.